The van der Waals surface area contributed by atoms with E-state index in [-0.39, 0.29) is 13.0 Å². The van der Waals surface area contributed by atoms with Gasteiger partial charge in [-0.3, -0.25) is 0 Å². The van der Waals surface area contributed by atoms with Crippen LogP contribution in [0.4, 0.5) is 0 Å². The number of benzene rings is 1. The lowest BCUT2D eigenvalue weighted by atomic mass is 9.86. The highest BCUT2D eigenvalue weighted by Gasteiger charge is 2.29. The van der Waals surface area contributed by atoms with E-state index in [9.17, 15) is 10.2 Å². The number of hydrogen-bond acceptors (Lipinski definition) is 3. The fraction of sp³-hybridized carbons (Fsp3) is 0.625. The molecule has 1 fully saturated rings. The smallest absolute Gasteiger partial charge is 0.0919 e. The first kappa shape index (κ1) is 16.2. The van der Waals surface area contributed by atoms with Crippen LogP contribution in [0.25, 0.3) is 0 Å². The Hall–Kier alpha value is -0.900. The minimum Gasteiger partial charge on any atom is -0.394 e. The molecule has 1 aromatic carbocycles. The summed E-state index contributed by atoms with van der Waals surface area (Å²) >= 11 is 0. The molecular weight excluding hydrogens is 240 g/mol. The highest BCUT2D eigenvalue weighted by Crippen LogP contribution is 2.29. The summed E-state index contributed by atoms with van der Waals surface area (Å²) in [7, 11) is 0. The van der Waals surface area contributed by atoms with Crippen LogP contribution < -0.4 is 0 Å². The van der Waals surface area contributed by atoms with Crippen LogP contribution in [0.2, 0.25) is 0 Å². The summed E-state index contributed by atoms with van der Waals surface area (Å²) in [5.41, 5.74) is -0.274. The summed E-state index contributed by atoms with van der Waals surface area (Å²) in [6.07, 6.45) is 2.76. The molecule has 3 heteroatoms. The van der Waals surface area contributed by atoms with Crippen molar-refractivity contribution in [3.05, 3.63) is 35.9 Å². The highest BCUT2D eigenvalue weighted by atomic mass is 16.3. The van der Waals surface area contributed by atoms with Crippen LogP contribution in [0.3, 0.4) is 0 Å². The zero-order chi connectivity index (χ0) is 14.3. The van der Waals surface area contributed by atoms with Gasteiger partial charge in [-0.05, 0) is 17.9 Å². The average Bonchev–Trinajstić information content (AvgIpc) is 3.22. The Morgan fingerprint density at radius 3 is 2.16 bits per heavy atom. The summed E-state index contributed by atoms with van der Waals surface area (Å²) in [5, 5.41) is 28.5. The van der Waals surface area contributed by atoms with E-state index in [1.54, 1.807) is 0 Å². The van der Waals surface area contributed by atoms with Crippen LogP contribution in [0.1, 0.15) is 45.1 Å². The van der Waals surface area contributed by atoms with Gasteiger partial charge < -0.3 is 15.3 Å². The SMILES string of the molecule is CC1CC1.CCC(O)(CC(O)CO)c1ccccc1. The summed E-state index contributed by atoms with van der Waals surface area (Å²) in [6.45, 7) is 3.81. The van der Waals surface area contributed by atoms with Crippen molar-refractivity contribution in [2.75, 3.05) is 6.61 Å². The van der Waals surface area contributed by atoms with Gasteiger partial charge in [0.1, 0.15) is 0 Å². The van der Waals surface area contributed by atoms with Crippen molar-refractivity contribution in [3.8, 4) is 0 Å². The van der Waals surface area contributed by atoms with E-state index in [1.807, 2.05) is 37.3 Å². The van der Waals surface area contributed by atoms with Crippen molar-refractivity contribution >= 4 is 0 Å². The second-order valence-electron chi connectivity index (χ2n) is 5.47. The summed E-state index contributed by atoms with van der Waals surface area (Å²) in [5.74, 6) is 1.08. The van der Waals surface area contributed by atoms with Crippen molar-refractivity contribution in [2.45, 2.75) is 51.2 Å². The first-order valence-electron chi connectivity index (χ1n) is 7.08. The Labute approximate surface area is 115 Å². The lowest BCUT2D eigenvalue weighted by molar-refractivity contribution is -0.0330. The molecule has 2 unspecified atom stereocenters. The molecule has 1 aliphatic rings. The molecule has 0 aliphatic heterocycles. The molecule has 1 saturated carbocycles. The zero-order valence-corrected chi connectivity index (χ0v) is 11.9. The van der Waals surface area contributed by atoms with Gasteiger partial charge in [0.05, 0.1) is 18.3 Å². The third-order valence-corrected chi connectivity index (χ3v) is 3.55. The van der Waals surface area contributed by atoms with Crippen LogP contribution in [0.5, 0.6) is 0 Å². The molecular formula is C16H26O3. The van der Waals surface area contributed by atoms with Crippen LogP contribution >= 0.6 is 0 Å². The Bertz CT molecular complexity index is 348. The number of aliphatic hydroxyl groups is 3. The van der Waals surface area contributed by atoms with Crippen molar-refractivity contribution < 1.29 is 15.3 Å². The quantitative estimate of drug-likeness (QED) is 0.767. The van der Waals surface area contributed by atoms with Crippen LogP contribution in [0.15, 0.2) is 30.3 Å². The van der Waals surface area contributed by atoms with E-state index < -0.39 is 11.7 Å². The second-order valence-corrected chi connectivity index (χ2v) is 5.47. The second kappa shape index (κ2) is 7.63. The van der Waals surface area contributed by atoms with Crippen LogP contribution in [-0.4, -0.2) is 28.0 Å². The molecule has 0 radical (unpaired) electrons. The van der Waals surface area contributed by atoms with Gasteiger partial charge >= 0.3 is 0 Å². The fourth-order valence-electron chi connectivity index (χ4n) is 1.84. The standard InChI is InChI=1S/C12H18O3.C4H8/c1-2-12(15,8-11(14)9-13)10-6-4-3-5-7-10;1-4-2-3-4/h3-7,11,13-15H,2,8-9H2,1H3;4H,2-3H2,1H3. The normalized spacial score (nSPS) is 19.0. The molecule has 1 aliphatic carbocycles. The predicted octanol–water partition coefficient (Wildman–Crippen LogP) is 2.44. The fourth-order valence-corrected chi connectivity index (χ4v) is 1.84. The number of rotatable bonds is 5. The van der Waals surface area contributed by atoms with Gasteiger partial charge in [0, 0.05) is 6.42 Å². The molecule has 2 atom stereocenters. The maximum atomic E-state index is 10.3. The van der Waals surface area contributed by atoms with Crippen molar-refractivity contribution in [1.29, 1.82) is 0 Å². The molecule has 3 nitrogen and oxygen atoms in total. The molecule has 108 valence electrons. The van der Waals surface area contributed by atoms with Gasteiger partial charge in [0.15, 0.2) is 0 Å². The minimum atomic E-state index is -1.05. The molecule has 1 aromatic rings. The molecule has 19 heavy (non-hydrogen) atoms. The van der Waals surface area contributed by atoms with E-state index in [0.717, 1.165) is 11.5 Å². The van der Waals surface area contributed by atoms with Crippen molar-refractivity contribution in [3.63, 3.8) is 0 Å². The van der Waals surface area contributed by atoms with Gasteiger partial charge in [-0.15, -0.1) is 0 Å². The average molecular weight is 266 g/mol. The Kier molecular flexibility index (Phi) is 6.49. The van der Waals surface area contributed by atoms with Crippen LogP contribution in [0, 0.1) is 5.92 Å². The highest BCUT2D eigenvalue weighted by molar-refractivity contribution is 5.22. The molecule has 3 N–H and O–H groups in total. The van der Waals surface area contributed by atoms with Crippen molar-refractivity contribution in [1.82, 2.24) is 0 Å². The molecule has 0 spiro atoms. The summed E-state index contributed by atoms with van der Waals surface area (Å²) in [6, 6.07) is 9.23. The monoisotopic (exact) mass is 266 g/mol. The third-order valence-electron chi connectivity index (χ3n) is 3.55. The van der Waals surface area contributed by atoms with E-state index in [2.05, 4.69) is 6.92 Å². The minimum absolute atomic E-state index is 0.157. The molecule has 0 heterocycles. The molecule has 0 bridgehead atoms. The van der Waals surface area contributed by atoms with E-state index in [4.69, 9.17) is 5.11 Å². The Morgan fingerprint density at radius 2 is 1.79 bits per heavy atom. The maximum absolute atomic E-state index is 10.3. The molecule has 0 saturated heterocycles. The van der Waals surface area contributed by atoms with E-state index in [0.29, 0.717) is 6.42 Å². The van der Waals surface area contributed by atoms with Gasteiger partial charge in [0.2, 0.25) is 0 Å². The number of hydrogen-bond donors (Lipinski definition) is 3. The zero-order valence-electron chi connectivity index (χ0n) is 11.9. The van der Waals surface area contributed by atoms with Gasteiger partial charge in [0.25, 0.3) is 0 Å². The van der Waals surface area contributed by atoms with Gasteiger partial charge in [-0.25, -0.2) is 0 Å². The van der Waals surface area contributed by atoms with Crippen molar-refractivity contribution in [2.24, 2.45) is 5.92 Å². The van der Waals surface area contributed by atoms with Gasteiger partial charge in [-0.1, -0.05) is 57.0 Å². The van der Waals surface area contributed by atoms with E-state index >= 15 is 0 Å². The Morgan fingerprint density at radius 1 is 1.26 bits per heavy atom. The largest absolute Gasteiger partial charge is 0.394 e. The predicted molar refractivity (Wildman–Crippen MR) is 76.7 cm³/mol. The summed E-state index contributed by atoms with van der Waals surface area (Å²) < 4.78 is 0. The summed E-state index contributed by atoms with van der Waals surface area (Å²) in [4.78, 5) is 0. The lowest BCUT2D eigenvalue weighted by Crippen LogP contribution is -2.31. The first-order chi connectivity index (χ1) is 9.01. The first-order valence-corrected chi connectivity index (χ1v) is 7.08. The van der Waals surface area contributed by atoms with Crippen LogP contribution in [-0.2, 0) is 5.60 Å². The molecule has 0 amide bonds. The topological polar surface area (TPSA) is 60.7 Å². The van der Waals surface area contributed by atoms with Gasteiger partial charge in [-0.2, -0.15) is 0 Å². The van der Waals surface area contributed by atoms with E-state index in [1.165, 1.54) is 12.8 Å². The Balaban J connectivity index is 0.000000382. The molecule has 0 aromatic heterocycles. The molecule has 2 rings (SSSR count). The third kappa shape index (κ3) is 5.72. The lowest BCUT2D eigenvalue weighted by Gasteiger charge is -2.29. The maximum Gasteiger partial charge on any atom is 0.0919 e. The number of aliphatic hydroxyl groups excluding tert-OH is 2.